The first kappa shape index (κ1) is 14.3. The Morgan fingerprint density at radius 3 is 2.74 bits per heavy atom. The van der Waals surface area contributed by atoms with Gasteiger partial charge in [0.2, 0.25) is 0 Å². The lowest BCUT2D eigenvalue weighted by Crippen LogP contribution is -2.38. The number of aromatic nitrogens is 1. The average molecular weight is 280 g/mol. The second-order valence-corrected chi connectivity index (χ2v) is 6.07. The van der Waals surface area contributed by atoms with Crippen LogP contribution in [0.5, 0.6) is 0 Å². The maximum atomic E-state index is 6.06. The maximum Gasteiger partial charge on any atom is 0.191 e. The molecule has 1 fully saturated rings. The van der Waals surface area contributed by atoms with Gasteiger partial charge in [0.1, 0.15) is 0 Å². The fourth-order valence-electron chi connectivity index (χ4n) is 2.34. The van der Waals surface area contributed by atoms with Gasteiger partial charge < -0.3 is 10.6 Å². The largest absolute Gasteiger partial charge is 0.370 e. The van der Waals surface area contributed by atoms with Gasteiger partial charge in [-0.25, -0.2) is 4.98 Å². The Labute approximate surface area is 119 Å². The predicted molar refractivity (Wildman–Crippen MR) is 81.7 cm³/mol. The number of hydrogen-bond donors (Lipinski definition) is 1. The second kappa shape index (κ2) is 7.48. The summed E-state index contributed by atoms with van der Waals surface area (Å²) in [5.41, 5.74) is 7.18. The van der Waals surface area contributed by atoms with Crippen LogP contribution in [0.25, 0.3) is 0 Å². The van der Waals surface area contributed by atoms with Crippen molar-refractivity contribution >= 4 is 17.3 Å². The molecule has 5 heteroatoms. The van der Waals surface area contributed by atoms with E-state index in [-0.39, 0.29) is 0 Å². The fourth-order valence-corrected chi connectivity index (χ4v) is 3.16. The topological polar surface area (TPSA) is 54.5 Å². The van der Waals surface area contributed by atoms with E-state index in [4.69, 9.17) is 5.73 Å². The molecule has 2 N–H and O–H groups in total. The highest BCUT2D eigenvalue weighted by Gasteiger charge is 2.10. The lowest BCUT2D eigenvalue weighted by Gasteiger charge is -2.21. The molecule has 0 unspecified atom stereocenters. The molecule has 106 valence electrons. The van der Waals surface area contributed by atoms with Crippen LogP contribution < -0.4 is 5.73 Å². The molecule has 0 aliphatic carbocycles. The van der Waals surface area contributed by atoms with Crippen LogP contribution in [0.3, 0.4) is 0 Å². The van der Waals surface area contributed by atoms with Crippen molar-refractivity contribution in [2.45, 2.75) is 45.4 Å². The van der Waals surface area contributed by atoms with Gasteiger partial charge in [0.05, 0.1) is 5.01 Å². The molecule has 0 spiro atoms. The van der Waals surface area contributed by atoms with E-state index in [0.29, 0.717) is 0 Å². The molecule has 1 aliphatic heterocycles. The lowest BCUT2D eigenvalue weighted by atomic mass is 10.2. The van der Waals surface area contributed by atoms with Crippen molar-refractivity contribution in [2.75, 3.05) is 19.6 Å². The molecule has 1 saturated heterocycles. The van der Waals surface area contributed by atoms with Gasteiger partial charge in [-0.05, 0) is 26.2 Å². The standard InChI is InChI=1S/C14H24N4S/c1-12-11-19-13(17-12)7-6-8-16-14(15)18-9-4-2-3-5-10-18/h11H,2-10H2,1H3,(H2,15,16). The quantitative estimate of drug-likeness (QED) is 0.524. The Balaban J connectivity index is 1.71. The van der Waals surface area contributed by atoms with Gasteiger partial charge in [0.15, 0.2) is 5.96 Å². The van der Waals surface area contributed by atoms with Gasteiger partial charge in [-0.2, -0.15) is 0 Å². The number of aryl methyl sites for hydroxylation is 2. The molecule has 4 nitrogen and oxygen atoms in total. The third kappa shape index (κ3) is 4.82. The average Bonchev–Trinajstić information content (AvgIpc) is 2.67. The third-order valence-corrected chi connectivity index (χ3v) is 4.45. The molecule has 2 rings (SSSR count). The molecule has 1 aromatic rings. The second-order valence-electron chi connectivity index (χ2n) is 5.13. The normalized spacial score (nSPS) is 17.5. The van der Waals surface area contributed by atoms with Crippen molar-refractivity contribution in [3.05, 3.63) is 16.1 Å². The predicted octanol–water partition coefficient (Wildman–Crippen LogP) is 2.57. The molecular formula is C14H24N4S. The molecule has 19 heavy (non-hydrogen) atoms. The van der Waals surface area contributed by atoms with Crippen LogP contribution in [0.4, 0.5) is 0 Å². The molecule has 0 aromatic carbocycles. The SMILES string of the molecule is Cc1csc(CCCN=C(N)N2CCCCCC2)n1. The van der Waals surface area contributed by atoms with Crippen molar-refractivity contribution in [1.29, 1.82) is 0 Å². The van der Waals surface area contributed by atoms with E-state index in [1.165, 1.54) is 30.7 Å². The first-order valence-electron chi connectivity index (χ1n) is 7.21. The summed E-state index contributed by atoms with van der Waals surface area (Å²) < 4.78 is 0. The Morgan fingerprint density at radius 1 is 1.37 bits per heavy atom. The van der Waals surface area contributed by atoms with E-state index < -0.39 is 0 Å². The summed E-state index contributed by atoms with van der Waals surface area (Å²) in [5.74, 6) is 0.734. The van der Waals surface area contributed by atoms with Crippen molar-refractivity contribution < 1.29 is 0 Å². The summed E-state index contributed by atoms with van der Waals surface area (Å²) >= 11 is 1.74. The van der Waals surface area contributed by atoms with E-state index in [1.54, 1.807) is 11.3 Å². The molecule has 1 aliphatic rings. The van der Waals surface area contributed by atoms with Crippen LogP contribution in [0, 0.1) is 6.92 Å². The Hall–Kier alpha value is -1.10. The van der Waals surface area contributed by atoms with Gasteiger partial charge in [-0.3, -0.25) is 4.99 Å². The van der Waals surface area contributed by atoms with Crippen molar-refractivity contribution in [2.24, 2.45) is 10.7 Å². The summed E-state index contributed by atoms with van der Waals surface area (Å²) in [6.07, 6.45) is 7.18. The molecule has 0 amide bonds. The highest BCUT2D eigenvalue weighted by atomic mass is 32.1. The zero-order valence-corrected chi connectivity index (χ0v) is 12.6. The van der Waals surface area contributed by atoms with Gasteiger partial charge in [-0.15, -0.1) is 11.3 Å². The van der Waals surface area contributed by atoms with Gasteiger partial charge in [0.25, 0.3) is 0 Å². The Kier molecular flexibility index (Phi) is 5.63. The maximum absolute atomic E-state index is 6.06. The van der Waals surface area contributed by atoms with Crippen molar-refractivity contribution in [1.82, 2.24) is 9.88 Å². The highest BCUT2D eigenvalue weighted by molar-refractivity contribution is 7.09. The number of aliphatic imine (C=N–C) groups is 1. The molecule has 0 saturated carbocycles. The highest BCUT2D eigenvalue weighted by Crippen LogP contribution is 2.11. The van der Waals surface area contributed by atoms with E-state index in [2.05, 4.69) is 20.3 Å². The van der Waals surface area contributed by atoms with Crippen LogP contribution in [0.2, 0.25) is 0 Å². The van der Waals surface area contributed by atoms with Gasteiger partial charge in [0, 0.05) is 37.1 Å². The minimum Gasteiger partial charge on any atom is -0.370 e. The van der Waals surface area contributed by atoms with Gasteiger partial charge in [-0.1, -0.05) is 12.8 Å². The minimum absolute atomic E-state index is 0.734. The summed E-state index contributed by atoms with van der Waals surface area (Å²) in [6, 6.07) is 0. The zero-order chi connectivity index (χ0) is 13.5. The third-order valence-electron chi connectivity index (χ3n) is 3.42. The van der Waals surface area contributed by atoms with Crippen LogP contribution in [0.1, 0.15) is 42.8 Å². The number of thiazole rings is 1. The monoisotopic (exact) mass is 280 g/mol. The number of nitrogens with two attached hydrogens (primary N) is 1. The number of hydrogen-bond acceptors (Lipinski definition) is 3. The Bertz CT molecular complexity index is 405. The first-order valence-corrected chi connectivity index (χ1v) is 8.09. The van der Waals surface area contributed by atoms with E-state index >= 15 is 0 Å². The molecule has 1 aromatic heterocycles. The molecule has 2 heterocycles. The van der Waals surface area contributed by atoms with E-state index in [0.717, 1.165) is 44.1 Å². The summed E-state index contributed by atoms with van der Waals surface area (Å²) in [4.78, 5) is 11.2. The summed E-state index contributed by atoms with van der Waals surface area (Å²) in [7, 11) is 0. The fraction of sp³-hybridized carbons (Fsp3) is 0.714. The lowest BCUT2D eigenvalue weighted by molar-refractivity contribution is 0.428. The number of guanidine groups is 1. The van der Waals surface area contributed by atoms with E-state index in [1.807, 2.05) is 6.92 Å². The molecule has 0 radical (unpaired) electrons. The number of nitrogens with zero attached hydrogens (tertiary/aromatic N) is 3. The molecule has 0 atom stereocenters. The first-order chi connectivity index (χ1) is 9.25. The Morgan fingerprint density at radius 2 is 2.11 bits per heavy atom. The molecule has 0 bridgehead atoms. The van der Waals surface area contributed by atoms with Crippen molar-refractivity contribution in [3.63, 3.8) is 0 Å². The van der Waals surface area contributed by atoms with Crippen LogP contribution in [-0.2, 0) is 6.42 Å². The van der Waals surface area contributed by atoms with E-state index in [9.17, 15) is 0 Å². The van der Waals surface area contributed by atoms with Crippen LogP contribution in [0.15, 0.2) is 10.4 Å². The summed E-state index contributed by atoms with van der Waals surface area (Å²) in [5, 5.41) is 3.31. The zero-order valence-electron chi connectivity index (χ0n) is 11.8. The summed E-state index contributed by atoms with van der Waals surface area (Å²) in [6.45, 7) is 4.98. The minimum atomic E-state index is 0.734. The van der Waals surface area contributed by atoms with Gasteiger partial charge >= 0.3 is 0 Å². The smallest absolute Gasteiger partial charge is 0.191 e. The number of likely N-dealkylation sites (tertiary alicyclic amines) is 1. The number of rotatable bonds is 4. The van der Waals surface area contributed by atoms with Crippen molar-refractivity contribution in [3.8, 4) is 0 Å². The molecular weight excluding hydrogens is 256 g/mol. The van der Waals surface area contributed by atoms with Crippen LogP contribution in [-0.4, -0.2) is 35.5 Å². The van der Waals surface area contributed by atoms with Crippen LogP contribution >= 0.6 is 11.3 Å².